The summed E-state index contributed by atoms with van der Waals surface area (Å²) in [6.07, 6.45) is 1.19. The van der Waals surface area contributed by atoms with Crippen molar-refractivity contribution in [2.45, 2.75) is 38.8 Å². The molecule has 2 aromatic rings. The van der Waals surface area contributed by atoms with E-state index >= 15 is 0 Å². The number of rotatable bonds is 4. The van der Waals surface area contributed by atoms with Crippen molar-refractivity contribution in [3.05, 3.63) is 30.0 Å². The molecule has 8 heteroatoms. The summed E-state index contributed by atoms with van der Waals surface area (Å²) in [7, 11) is 0. The molecule has 8 nitrogen and oxygen atoms in total. The Hall–Kier alpha value is -2.90. The van der Waals surface area contributed by atoms with Gasteiger partial charge in [-0.05, 0) is 32.8 Å². The zero-order valence-corrected chi connectivity index (χ0v) is 14.7. The average molecular weight is 358 g/mol. The van der Waals surface area contributed by atoms with Crippen molar-refractivity contribution in [3.8, 4) is 0 Å². The Labute approximate surface area is 150 Å². The van der Waals surface area contributed by atoms with Crippen LogP contribution in [0.3, 0.4) is 0 Å². The molecule has 26 heavy (non-hydrogen) atoms. The Kier molecular flexibility index (Phi) is 4.92. The number of aromatic nitrogens is 2. The second-order valence-corrected chi connectivity index (χ2v) is 6.67. The van der Waals surface area contributed by atoms with Crippen LogP contribution in [0.4, 0.5) is 0 Å². The van der Waals surface area contributed by atoms with Gasteiger partial charge >= 0.3 is 5.97 Å². The number of nitrogens with one attached hydrogen (secondary N) is 2. The molecule has 3 atom stereocenters. The number of fused-ring (bicyclic) bond motifs is 1. The minimum Gasteiger partial charge on any atom is -0.481 e. The molecule has 3 rings (SSSR count). The van der Waals surface area contributed by atoms with Crippen molar-refractivity contribution in [2.75, 3.05) is 6.54 Å². The SMILES string of the molecule is CC(NC(=O)c1n[nH]c2ccccc12)C(=O)N1CCC[C@H](C(=O)O)[C@@H]1C. The number of benzene rings is 1. The van der Waals surface area contributed by atoms with E-state index in [0.717, 1.165) is 5.52 Å². The van der Waals surface area contributed by atoms with Crippen LogP contribution in [0.1, 0.15) is 37.2 Å². The third kappa shape index (κ3) is 3.26. The molecule has 3 N–H and O–H groups in total. The molecule has 0 bridgehead atoms. The van der Waals surface area contributed by atoms with Gasteiger partial charge in [-0.1, -0.05) is 18.2 Å². The van der Waals surface area contributed by atoms with Crippen molar-refractivity contribution in [2.24, 2.45) is 5.92 Å². The molecule has 1 aliphatic rings. The summed E-state index contributed by atoms with van der Waals surface area (Å²) in [4.78, 5) is 38.1. The number of para-hydroxylation sites is 1. The number of aliphatic carboxylic acids is 1. The molecule has 0 radical (unpaired) electrons. The first kappa shape index (κ1) is 17.9. The van der Waals surface area contributed by atoms with Crippen LogP contribution in [0.15, 0.2) is 24.3 Å². The Balaban J connectivity index is 1.71. The smallest absolute Gasteiger partial charge is 0.308 e. The zero-order chi connectivity index (χ0) is 18.8. The van der Waals surface area contributed by atoms with E-state index in [2.05, 4.69) is 15.5 Å². The van der Waals surface area contributed by atoms with E-state index < -0.39 is 29.9 Å². The lowest BCUT2D eigenvalue weighted by atomic mass is 9.90. The Morgan fingerprint density at radius 3 is 2.81 bits per heavy atom. The Morgan fingerprint density at radius 2 is 2.08 bits per heavy atom. The highest BCUT2D eigenvalue weighted by Crippen LogP contribution is 2.24. The van der Waals surface area contributed by atoms with Crippen molar-refractivity contribution in [3.63, 3.8) is 0 Å². The number of hydrogen-bond donors (Lipinski definition) is 3. The van der Waals surface area contributed by atoms with Gasteiger partial charge in [-0.3, -0.25) is 19.5 Å². The van der Waals surface area contributed by atoms with Crippen LogP contribution in [0.5, 0.6) is 0 Å². The summed E-state index contributed by atoms with van der Waals surface area (Å²) in [5.41, 5.74) is 0.973. The molecule has 2 heterocycles. The van der Waals surface area contributed by atoms with Crippen LogP contribution in [0.2, 0.25) is 0 Å². The highest BCUT2D eigenvalue weighted by atomic mass is 16.4. The summed E-state index contributed by atoms with van der Waals surface area (Å²) in [6, 6.07) is 6.07. The van der Waals surface area contributed by atoms with Crippen molar-refractivity contribution in [1.82, 2.24) is 20.4 Å². The Morgan fingerprint density at radius 1 is 1.35 bits per heavy atom. The van der Waals surface area contributed by atoms with Crippen LogP contribution in [-0.4, -0.2) is 56.6 Å². The van der Waals surface area contributed by atoms with Gasteiger partial charge in [-0.25, -0.2) is 0 Å². The molecule has 0 spiro atoms. The van der Waals surface area contributed by atoms with Crippen LogP contribution in [-0.2, 0) is 9.59 Å². The topological polar surface area (TPSA) is 115 Å². The van der Waals surface area contributed by atoms with Gasteiger partial charge in [0.05, 0.1) is 11.4 Å². The number of carbonyl (C=O) groups is 3. The van der Waals surface area contributed by atoms with E-state index in [1.807, 2.05) is 18.2 Å². The quantitative estimate of drug-likeness (QED) is 0.764. The van der Waals surface area contributed by atoms with Gasteiger partial charge in [0.1, 0.15) is 6.04 Å². The summed E-state index contributed by atoms with van der Waals surface area (Å²) in [5, 5.41) is 19.5. The highest BCUT2D eigenvalue weighted by Gasteiger charge is 2.37. The predicted octanol–water partition coefficient (Wildman–Crippen LogP) is 1.39. The lowest BCUT2D eigenvalue weighted by Gasteiger charge is -2.38. The van der Waals surface area contributed by atoms with E-state index in [0.29, 0.717) is 24.8 Å². The summed E-state index contributed by atoms with van der Waals surface area (Å²) in [6.45, 7) is 3.84. The number of hydrogen-bond acceptors (Lipinski definition) is 4. The lowest BCUT2D eigenvalue weighted by Crippen LogP contribution is -2.55. The molecule has 1 aromatic heterocycles. The minimum absolute atomic E-state index is 0.232. The van der Waals surface area contributed by atoms with E-state index in [9.17, 15) is 19.5 Å². The zero-order valence-electron chi connectivity index (χ0n) is 14.7. The monoisotopic (exact) mass is 358 g/mol. The van der Waals surface area contributed by atoms with Crippen LogP contribution < -0.4 is 5.32 Å². The molecule has 1 unspecified atom stereocenters. The normalized spacial score (nSPS) is 21.4. The number of carboxylic acid groups (broad SMARTS) is 1. The van der Waals surface area contributed by atoms with Gasteiger partial charge in [-0.2, -0.15) is 5.10 Å². The molecule has 0 saturated carbocycles. The molecule has 0 aliphatic carbocycles. The van der Waals surface area contributed by atoms with Crippen LogP contribution in [0.25, 0.3) is 10.9 Å². The fraction of sp³-hybridized carbons (Fsp3) is 0.444. The largest absolute Gasteiger partial charge is 0.481 e. The molecule has 1 aliphatic heterocycles. The maximum Gasteiger partial charge on any atom is 0.308 e. The second kappa shape index (κ2) is 7.15. The first-order chi connectivity index (χ1) is 12.4. The Bertz CT molecular complexity index is 847. The van der Waals surface area contributed by atoms with Gasteiger partial charge in [0, 0.05) is 18.0 Å². The number of nitrogens with zero attached hydrogens (tertiary/aromatic N) is 2. The number of aromatic amines is 1. The number of carboxylic acids is 1. The van der Waals surface area contributed by atoms with Gasteiger partial charge in [-0.15, -0.1) is 0 Å². The minimum atomic E-state index is -0.894. The summed E-state index contributed by atoms with van der Waals surface area (Å²) < 4.78 is 0. The maximum absolute atomic E-state index is 12.7. The third-order valence-electron chi connectivity index (χ3n) is 4.99. The average Bonchev–Trinajstić information content (AvgIpc) is 3.05. The summed E-state index contributed by atoms with van der Waals surface area (Å²) in [5.74, 6) is -2.19. The van der Waals surface area contributed by atoms with Crippen LogP contribution >= 0.6 is 0 Å². The first-order valence-electron chi connectivity index (χ1n) is 8.67. The standard InChI is InChI=1S/C18H22N4O4/c1-10(17(24)22-9-5-7-12(11(22)2)18(25)26)19-16(23)15-13-6-3-4-8-14(13)20-21-15/h3-4,6,8,10-12H,5,7,9H2,1-2H3,(H,19,23)(H,20,21)(H,25,26)/t10?,11-,12-/m0/s1. The van der Waals surface area contributed by atoms with E-state index in [4.69, 9.17) is 0 Å². The molecule has 138 valence electrons. The van der Waals surface area contributed by atoms with Crippen molar-refractivity contribution in [1.29, 1.82) is 0 Å². The van der Waals surface area contributed by atoms with Gasteiger partial charge in [0.25, 0.3) is 5.91 Å². The molecular formula is C18H22N4O4. The fourth-order valence-corrected chi connectivity index (χ4v) is 3.50. The number of piperidine rings is 1. The molecular weight excluding hydrogens is 336 g/mol. The lowest BCUT2D eigenvalue weighted by molar-refractivity contribution is -0.149. The fourth-order valence-electron chi connectivity index (χ4n) is 3.50. The van der Waals surface area contributed by atoms with Crippen LogP contribution in [0, 0.1) is 5.92 Å². The van der Waals surface area contributed by atoms with E-state index in [1.165, 1.54) is 0 Å². The second-order valence-electron chi connectivity index (χ2n) is 6.67. The predicted molar refractivity (Wildman–Crippen MR) is 94.6 cm³/mol. The van der Waals surface area contributed by atoms with E-state index in [-0.39, 0.29) is 11.6 Å². The summed E-state index contributed by atoms with van der Waals surface area (Å²) >= 11 is 0. The molecule has 2 amide bonds. The molecule has 1 saturated heterocycles. The van der Waals surface area contributed by atoms with Gasteiger partial charge in [0.15, 0.2) is 5.69 Å². The molecule has 1 fully saturated rings. The van der Waals surface area contributed by atoms with E-state index in [1.54, 1.807) is 24.8 Å². The maximum atomic E-state index is 12.7. The van der Waals surface area contributed by atoms with Gasteiger partial charge < -0.3 is 15.3 Å². The third-order valence-corrected chi connectivity index (χ3v) is 4.99. The number of carbonyl (C=O) groups excluding carboxylic acids is 2. The highest BCUT2D eigenvalue weighted by molar-refractivity contribution is 6.05. The number of H-pyrrole nitrogens is 1. The number of likely N-dealkylation sites (tertiary alicyclic amines) is 1. The number of amides is 2. The van der Waals surface area contributed by atoms with Crippen molar-refractivity contribution >= 4 is 28.7 Å². The van der Waals surface area contributed by atoms with Crippen molar-refractivity contribution < 1.29 is 19.5 Å². The van der Waals surface area contributed by atoms with Gasteiger partial charge in [0.2, 0.25) is 5.91 Å². The molecule has 1 aromatic carbocycles. The first-order valence-corrected chi connectivity index (χ1v) is 8.67.